The molecule has 8 nitrogen and oxygen atoms in total. The van der Waals surface area contributed by atoms with Crippen molar-refractivity contribution in [3.8, 4) is 11.3 Å². The summed E-state index contributed by atoms with van der Waals surface area (Å²) in [5, 5.41) is 12.5. The Morgan fingerprint density at radius 3 is 2.58 bits per heavy atom. The first-order valence-electron chi connectivity index (χ1n) is 11.6. The zero-order chi connectivity index (χ0) is 24.5. The van der Waals surface area contributed by atoms with E-state index in [0.717, 1.165) is 40.1 Å². The molecule has 1 aliphatic rings. The van der Waals surface area contributed by atoms with Crippen molar-refractivity contribution in [1.29, 1.82) is 0 Å². The largest absolute Gasteiger partial charge is 0.451 e. The smallest absolute Gasteiger partial charge is 0.289 e. The van der Waals surface area contributed by atoms with E-state index in [-0.39, 0.29) is 17.7 Å². The van der Waals surface area contributed by atoms with Gasteiger partial charge < -0.3 is 14.6 Å². The number of amides is 2. The lowest BCUT2D eigenvalue weighted by molar-refractivity contribution is 0.0683. The molecule has 0 radical (unpaired) electrons. The summed E-state index contributed by atoms with van der Waals surface area (Å²) in [5.41, 5.74) is 3.58. The second-order valence-corrected chi connectivity index (χ2v) is 10.1. The number of thiazole rings is 1. The molecule has 10 heteroatoms. The number of para-hydroxylation sites is 1. The highest BCUT2D eigenvalue weighted by molar-refractivity contribution is 7.10. The molecule has 0 aliphatic carbocycles. The van der Waals surface area contributed by atoms with E-state index in [2.05, 4.69) is 19.9 Å². The third-order valence-corrected chi connectivity index (χ3v) is 7.83. The van der Waals surface area contributed by atoms with Crippen LogP contribution in [0.1, 0.15) is 44.8 Å². The number of piperidine rings is 1. The number of anilines is 1. The Balaban J connectivity index is 1.06. The molecule has 4 heterocycles. The van der Waals surface area contributed by atoms with Gasteiger partial charge in [0.25, 0.3) is 11.8 Å². The quantitative estimate of drug-likeness (QED) is 0.323. The van der Waals surface area contributed by atoms with Gasteiger partial charge >= 0.3 is 0 Å². The lowest BCUT2D eigenvalue weighted by Crippen LogP contribution is -2.37. The van der Waals surface area contributed by atoms with Crippen molar-refractivity contribution in [1.82, 2.24) is 19.5 Å². The molecule has 180 valence electrons. The van der Waals surface area contributed by atoms with Gasteiger partial charge in [-0.2, -0.15) is 0 Å². The summed E-state index contributed by atoms with van der Waals surface area (Å²) in [6.07, 6.45) is 1.60. The molecule has 36 heavy (non-hydrogen) atoms. The Morgan fingerprint density at radius 1 is 1.03 bits per heavy atom. The van der Waals surface area contributed by atoms with Crippen molar-refractivity contribution >= 4 is 51.3 Å². The van der Waals surface area contributed by atoms with Crippen LogP contribution in [-0.4, -0.2) is 44.4 Å². The Morgan fingerprint density at radius 2 is 1.83 bits per heavy atom. The Kier molecular flexibility index (Phi) is 6.04. The van der Waals surface area contributed by atoms with E-state index in [4.69, 9.17) is 4.42 Å². The van der Waals surface area contributed by atoms with Crippen LogP contribution in [0, 0.1) is 0 Å². The second-order valence-electron chi connectivity index (χ2n) is 8.61. The molecule has 5 aromatic rings. The number of likely N-dealkylation sites (tertiary alicyclic amines) is 1. The minimum Gasteiger partial charge on any atom is -0.451 e. The fourth-order valence-electron chi connectivity index (χ4n) is 4.36. The van der Waals surface area contributed by atoms with Crippen molar-refractivity contribution in [2.24, 2.45) is 0 Å². The van der Waals surface area contributed by atoms with Gasteiger partial charge in [-0.05, 0) is 48.6 Å². The van der Waals surface area contributed by atoms with Crippen molar-refractivity contribution < 1.29 is 14.0 Å². The third kappa shape index (κ3) is 4.52. The number of furan rings is 1. The predicted octanol–water partition coefficient (Wildman–Crippen LogP) is 5.68. The minimum atomic E-state index is -0.238. The average molecular weight is 516 g/mol. The number of hydrogen-bond donors (Lipinski definition) is 1. The van der Waals surface area contributed by atoms with Gasteiger partial charge in [-0.1, -0.05) is 34.8 Å². The van der Waals surface area contributed by atoms with Gasteiger partial charge in [-0.3, -0.25) is 9.59 Å². The first kappa shape index (κ1) is 22.6. The first-order chi connectivity index (χ1) is 17.6. The average Bonchev–Trinajstić information content (AvgIpc) is 3.69. The molecule has 0 atom stereocenters. The molecule has 0 spiro atoms. The maximum Gasteiger partial charge on any atom is 0.289 e. The van der Waals surface area contributed by atoms with Crippen molar-refractivity contribution in [3.63, 3.8) is 0 Å². The Labute approximate surface area is 214 Å². The zero-order valence-corrected chi connectivity index (χ0v) is 20.7. The highest BCUT2D eigenvalue weighted by Gasteiger charge is 2.28. The van der Waals surface area contributed by atoms with Crippen LogP contribution in [0.2, 0.25) is 0 Å². The summed E-state index contributed by atoms with van der Waals surface area (Å²) >= 11 is 2.80. The summed E-state index contributed by atoms with van der Waals surface area (Å²) in [6, 6.07) is 16.9. The van der Waals surface area contributed by atoms with E-state index >= 15 is 0 Å². The highest BCUT2D eigenvalue weighted by atomic mass is 32.1. The van der Waals surface area contributed by atoms with Crippen LogP contribution in [0.3, 0.4) is 0 Å². The maximum atomic E-state index is 12.9. The van der Waals surface area contributed by atoms with Crippen LogP contribution in [-0.2, 0) is 0 Å². The number of fused-ring (bicyclic) bond motifs is 1. The molecule has 1 aliphatic heterocycles. The number of benzene rings is 2. The predicted molar refractivity (Wildman–Crippen MR) is 140 cm³/mol. The molecule has 1 N–H and O–H groups in total. The van der Waals surface area contributed by atoms with Crippen LogP contribution in [0.5, 0.6) is 0 Å². The van der Waals surface area contributed by atoms with E-state index in [9.17, 15) is 9.59 Å². The Bertz CT molecular complexity index is 1480. The molecule has 1 saturated heterocycles. The van der Waals surface area contributed by atoms with Crippen molar-refractivity contribution in [2.75, 3.05) is 18.4 Å². The van der Waals surface area contributed by atoms with E-state index in [1.165, 1.54) is 22.9 Å². The van der Waals surface area contributed by atoms with E-state index in [1.807, 2.05) is 58.8 Å². The summed E-state index contributed by atoms with van der Waals surface area (Å²) in [4.78, 5) is 32.1. The molecular formula is C26H21N5O3S2. The van der Waals surface area contributed by atoms with Gasteiger partial charge in [0, 0.05) is 46.4 Å². The fourth-order valence-corrected chi connectivity index (χ4v) is 5.80. The van der Waals surface area contributed by atoms with Gasteiger partial charge in [-0.25, -0.2) is 4.98 Å². The number of aromatic nitrogens is 3. The minimum absolute atomic E-state index is 0.0825. The lowest BCUT2D eigenvalue weighted by Gasteiger charge is -2.30. The fraction of sp³-hybridized carbons (Fsp3) is 0.192. The van der Waals surface area contributed by atoms with Crippen LogP contribution in [0.25, 0.3) is 22.2 Å². The summed E-state index contributed by atoms with van der Waals surface area (Å²) < 4.78 is 9.62. The number of carbonyl (C=O) groups is 2. The number of nitrogens with one attached hydrogen (secondary N) is 1. The van der Waals surface area contributed by atoms with Crippen LogP contribution in [0.4, 0.5) is 5.69 Å². The molecule has 3 aromatic heterocycles. The second kappa shape index (κ2) is 9.63. The SMILES string of the molecule is O=C(Nc1ccc(-c2csnn2)cc1)c1csc(C2CCN(C(=O)c3cc4ccccc4o3)CC2)n1. The number of rotatable bonds is 5. The number of hydrogen-bond acceptors (Lipinski definition) is 8. The zero-order valence-electron chi connectivity index (χ0n) is 19.1. The van der Waals surface area contributed by atoms with E-state index in [0.29, 0.717) is 30.2 Å². The van der Waals surface area contributed by atoms with Gasteiger partial charge in [0.1, 0.15) is 17.0 Å². The number of nitrogens with zero attached hydrogens (tertiary/aromatic N) is 4. The Hall–Kier alpha value is -3.89. The molecule has 6 rings (SSSR count). The number of carbonyl (C=O) groups excluding carboxylic acids is 2. The summed E-state index contributed by atoms with van der Waals surface area (Å²) in [6.45, 7) is 1.25. The molecule has 0 unspecified atom stereocenters. The molecular weight excluding hydrogens is 494 g/mol. The van der Waals surface area contributed by atoms with Crippen molar-refractivity contribution in [3.05, 3.63) is 81.8 Å². The maximum absolute atomic E-state index is 12.9. The monoisotopic (exact) mass is 515 g/mol. The molecule has 0 saturated carbocycles. The van der Waals surface area contributed by atoms with Crippen LogP contribution < -0.4 is 5.32 Å². The third-order valence-electron chi connectivity index (χ3n) is 6.32. The highest BCUT2D eigenvalue weighted by Crippen LogP contribution is 2.32. The summed E-state index contributed by atoms with van der Waals surface area (Å²) in [5.74, 6) is 0.278. The van der Waals surface area contributed by atoms with Gasteiger partial charge in [-0.15, -0.1) is 16.4 Å². The van der Waals surface area contributed by atoms with Gasteiger partial charge in [0.05, 0.1) is 5.01 Å². The molecule has 2 amide bonds. The molecule has 2 aromatic carbocycles. The molecule has 1 fully saturated rings. The van der Waals surface area contributed by atoms with Crippen LogP contribution in [0.15, 0.2) is 69.8 Å². The van der Waals surface area contributed by atoms with E-state index < -0.39 is 0 Å². The topological polar surface area (TPSA) is 101 Å². The lowest BCUT2D eigenvalue weighted by atomic mass is 9.97. The van der Waals surface area contributed by atoms with E-state index in [1.54, 1.807) is 11.4 Å². The molecule has 0 bridgehead atoms. The van der Waals surface area contributed by atoms with Gasteiger partial charge in [0.15, 0.2) is 5.76 Å². The standard InChI is InChI=1S/C26H21N5O3S2/c32-24(27-19-7-5-16(6-8-19)20-15-36-30-29-20)21-14-35-25(28-21)17-9-11-31(12-10-17)26(33)23-13-18-3-1-2-4-22(18)34-23/h1-8,13-15,17H,9-12H2,(H,27,32). The van der Waals surface area contributed by atoms with Crippen LogP contribution >= 0.6 is 22.9 Å². The normalized spacial score (nSPS) is 14.3. The first-order valence-corrected chi connectivity index (χ1v) is 13.3. The van der Waals surface area contributed by atoms with Crippen molar-refractivity contribution in [2.45, 2.75) is 18.8 Å². The van der Waals surface area contributed by atoms with Gasteiger partial charge in [0.2, 0.25) is 0 Å². The summed E-state index contributed by atoms with van der Waals surface area (Å²) in [7, 11) is 0.